The van der Waals surface area contributed by atoms with Gasteiger partial charge in [-0.25, -0.2) is 0 Å². The standard InChI is InChI=1S/C17H29N7O8/c1-18-9-19-4-2-3-12(24-16(30)6-20-10-26)17(31)21-7-15(29)22-11-32-23-5-13(27)14(28)8-25/h2,4-5,9-10,12-14,25,27-28H,3,6-8,11H2,1H3,(H,18,19)(H,20,26)(H,21,31)(H,22,29)(H,24,30)/b4-2?,23-5+. The van der Waals surface area contributed by atoms with Gasteiger partial charge < -0.3 is 46.7 Å². The molecule has 0 saturated heterocycles. The van der Waals surface area contributed by atoms with Crippen molar-refractivity contribution in [2.75, 3.05) is 33.5 Å². The van der Waals surface area contributed by atoms with Gasteiger partial charge in [-0.15, -0.1) is 0 Å². The van der Waals surface area contributed by atoms with Crippen LogP contribution in [0, 0.1) is 0 Å². The lowest BCUT2D eigenvalue weighted by molar-refractivity contribution is -0.130. The molecule has 15 nitrogen and oxygen atoms in total. The van der Waals surface area contributed by atoms with Crippen LogP contribution in [0.25, 0.3) is 0 Å². The third-order valence-electron chi connectivity index (χ3n) is 3.41. The largest absolute Gasteiger partial charge is 0.394 e. The highest BCUT2D eigenvalue weighted by Gasteiger charge is 2.20. The number of aliphatic imine (C=N–C) groups is 1. The van der Waals surface area contributed by atoms with E-state index in [0.717, 1.165) is 6.21 Å². The van der Waals surface area contributed by atoms with E-state index in [2.05, 4.69) is 41.6 Å². The van der Waals surface area contributed by atoms with Crippen molar-refractivity contribution in [3.05, 3.63) is 12.3 Å². The minimum atomic E-state index is -1.44. The molecule has 0 spiro atoms. The molecule has 0 aromatic carbocycles. The van der Waals surface area contributed by atoms with E-state index in [1.807, 2.05) is 0 Å². The van der Waals surface area contributed by atoms with Gasteiger partial charge in [0.15, 0.2) is 6.73 Å². The number of nitrogens with zero attached hydrogens (tertiary/aromatic N) is 2. The molecule has 32 heavy (non-hydrogen) atoms. The molecule has 8 N–H and O–H groups in total. The van der Waals surface area contributed by atoms with Gasteiger partial charge in [-0.3, -0.25) is 24.2 Å². The first-order valence-corrected chi connectivity index (χ1v) is 9.30. The van der Waals surface area contributed by atoms with Gasteiger partial charge in [-0.2, -0.15) is 0 Å². The summed E-state index contributed by atoms with van der Waals surface area (Å²) in [6, 6.07) is -1.01. The highest BCUT2D eigenvalue weighted by atomic mass is 16.6. The minimum Gasteiger partial charge on any atom is -0.394 e. The van der Waals surface area contributed by atoms with E-state index in [-0.39, 0.29) is 13.0 Å². The molecule has 15 heteroatoms. The van der Waals surface area contributed by atoms with E-state index in [9.17, 15) is 24.3 Å². The highest BCUT2D eigenvalue weighted by Crippen LogP contribution is 1.95. The van der Waals surface area contributed by atoms with Gasteiger partial charge in [0.2, 0.25) is 24.1 Å². The summed E-state index contributed by atoms with van der Waals surface area (Å²) in [7, 11) is 1.56. The number of oxime groups is 1. The molecule has 180 valence electrons. The number of amides is 4. The molecule has 0 aromatic heterocycles. The Bertz CT molecular complexity index is 671. The molecule has 0 fully saturated rings. The Labute approximate surface area is 184 Å². The predicted molar refractivity (Wildman–Crippen MR) is 112 cm³/mol. The molecule has 0 heterocycles. The van der Waals surface area contributed by atoms with Gasteiger partial charge in [0, 0.05) is 7.05 Å². The predicted octanol–water partition coefficient (Wildman–Crippen LogP) is -4.72. The lowest BCUT2D eigenvalue weighted by atomic mass is 10.2. The van der Waals surface area contributed by atoms with Gasteiger partial charge in [-0.05, 0) is 12.6 Å². The maximum absolute atomic E-state index is 12.3. The molecule has 0 aromatic rings. The summed E-state index contributed by atoms with van der Waals surface area (Å²) in [5.41, 5.74) is 0. The normalized spacial score (nSPS) is 14.0. The molecule has 0 aliphatic carbocycles. The summed E-state index contributed by atoms with van der Waals surface area (Å²) in [5.74, 6) is -1.88. The number of aliphatic hydroxyl groups excluding tert-OH is 3. The fourth-order valence-corrected chi connectivity index (χ4v) is 1.82. The fraction of sp³-hybridized carbons (Fsp3) is 0.529. The molecule has 4 amide bonds. The highest BCUT2D eigenvalue weighted by molar-refractivity contribution is 5.91. The Hall–Kier alpha value is -3.56. The van der Waals surface area contributed by atoms with Gasteiger partial charge >= 0.3 is 0 Å². The summed E-state index contributed by atoms with van der Waals surface area (Å²) in [5, 5.41) is 42.3. The second-order valence-electron chi connectivity index (χ2n) is 5.90. The second kappa shape index (κ2) is 18.2. The Kier molecular flexibility index (Phi) is 16.2. The Morgan fingerprint density at radius 2 is 1.88 bits per heavy atom. The van der Waals surface area contributed by atoms with Crippen molar-refractivity contribution in [3.8, 4) is 0 Å². The van der Waals surface area contributed by atoms with Crippen molar-refractivity contribution in [1.29, 1.82) is 0 Å². The number of hydrogen-bond donors (Lipinski definition) is 8. The van der Waals surface area contributed by atoms with Crippen LogP contribution in [-0.4, -0.2) is 104 Å². The molecule has 0 aliphatic rings. The molecule has 0 saturated carbocycles. The van der Waals surface area contributed by atoms with Gasteiger partial charge in [0.05, 0.1) is 32.2 Å². The molecule has 3 atom stereocenters. The zero-order chi connectivity index (χ0) is 24.2. The van der Waals surface area contributed by atoms with Gasteiger partial charge in [0.1, 0.15) is 18.2 Å². The van der Waals surface area contributed by atoms with E-state index in [4.69, 9.17) is 10.2 Å². The summed E-state index contributed by atoms with van der Waals surface area (Å²) in [6.07, 6.45) is 2.87. The minimum absolute atomic E-state index is 0.0880. The Balaban J connectivity index is 4.50. The number of carbonyl (C=O) groups is 4. The van der Waals surface area contributed by atoms with E-state index in [0.29, 0.717) is 6.41 Å². The van der Waals surface area contributed by atoms with Crippen molar-refractivity contribution in [2.45, 2.75) is 24.7 Å². The third kappa shape index (κ3) is 14.4. The van der Waals surface area contributed by atoms with Crippen molar-refractivity contribution in [2.24, 2.45) is 10.1 Å². The van der Waals surface area contributed by atoms with E-state index in [1.54, 1.807) is 13.1 Å². The summed E-state index contributed by atoms with van der Waals surface area (Å²) < 4.78 is 0. The maximum Gasteiger partial charge on any atom is 0.243 e. The van der Waals surface area contributed by atoms with Crippen LogP contribution in [0.5, 0.6) is 0 Å². The van der Waals surface area contributed by atoms with Crippen LogP contribution in [0.3, 0.4) is 0 Å². The number of carbonyl (C=O) groups excluding carboxylic acids is 4. The quantitative estimate of drug-likeness (QED) is 0.0261. The first-order chi connectivity index (χ1) is 15.3. The maximum atomic E-state index is 12.3. The molecular formula is C17H29N7O8. The lowest BCUT2D eigenvalue weighted by Crippen LogP contribution is -2.50. The molecule has 0 bridgehead atoms. The zero-order valence-corrected chi connectivity index (χ0v) is 17.4. The number of hydrogen-bond acceptors (Lipinski definition) is 10. The van der Waals surface area contributed by atoms with Crippen LogP contribution < -0.4 is 26.6 Å². The van der Waals surface area contributed by atoms with Crippen molar-refractivity contribution < 1.29 is 39.3 Å². The van der Waals surface area contributed by atoms with Gasteiger partial charge in [-0.1, -0.05) is 11.2 Å². The second-order valence-corrected chi connectivity index (χ2v) is 5.90. The molecule has 0 radical (unpaired) electrons. The topological polar surface area (TPSA) is 223 Å². The Morgan fingerprint density at radius 1 is 1.12 bits per heavy atom. The van der Waals surface area contributed by atoms with Crippen molar-refractivity contribution >= 4 is 36.7 Å². The Morgan fingerprint density at radius 3 is 2.53 bits per heavy atom. The first kappa shape index (κ1) is 28.4. The van der Waals surface area contributed by atoms with Gasteiger partial charge in [0.25, 0.3) is 0 Å². The lowest BCUT2D eigenvalue weighted by Gasteiger charge is -2.17. The van der Waals surface area contributed by atoms with Crippen molar-refractivity contribution in [3.63, 3.8) is 0 Å². The van der Waals surface area contributed by atoms with E-state index < -0.39 is 55.9 Å². The molecular weight excluding hydrogens is 430 g/mol. The molecule has 0 aliphatic heterocycles. The van der Waals surface area contributed by atoms with Crippen LogP contribution in [0.15, 0.2) is 22.4 Å². The van der Waals surface area contributed by atoms with Crippen LogP contribution >= 0.6 is 0 Å². The summed E-state index contributed by atoms with van der Waals surface area (Å²) >= 11 is 0. The fourth-order valence-electron chi connectivity index (χ4n) is 1.82. The SMILES string of the molecule is CN=CNC=CCC(NC(=O)CNC=O)C(=O)NCC(=O)NCO/N=C/C(O)C(O)CO. The number of rotatable bonds is 17. The summed E-state index contributed by atoms with van der Waals surface area (Å²) in [4.78, 5) is 54.5. The smallest absolute Gasteiger partial charge is 0.243 e. The molecule has 0 rings (SSSR count). The average Bonchev–Trinajstić information content (AvgIpc) is 2.79. The summed E-state index contributed by atoms with van der Waals surface area (Å²) in [6.45, 7) is -1.81. The van der Waals surface area contributed by atoms with Crippen LogP contribution in [0.4, 0.5) is 0 Å². The third-order valence-corrected chi connectivity index (χ3v) is 3.41. The molecule has 3 unspecified atom stereocenters. The average molecular weight is 459 g/mol. The zero-order valence-electron chi connectivity index (χ0n) is 17.4. The van der Waals surface area contributed by atoms with Crippen LogP contribution in [0.2, 0.25) is 0 Å². The van der Waals surface area contributed by atoms with E-state index >= 15 is 0 Å². The first-order valence-electron chi connectivity index (χ1n) is 9.30. The number of nitrogens with one attached hydrogen (secondary N) is 5. The monoisotopic (exact) mass is 459 g/mol. The van der Waals surface area contributed by atoms with E-state index in [1.165, 1.54) is 12.5 Å². The number of aliphatic hydroxyl groups is 3. The van der Waals surface area contributed by atoms with Crippen LogP contribution in [-0.2, 0) is 24.0 Å². The van der Waals surface area contributed by atoms with Crippen LogP contribution in [0.1, 0.15) is 6.42 Å². The van der Waals surface area contributed by atoms with Crippen molar-refractivity contribution in [1.82, 2.24) is 26.6 Å².